The second-order valence-corrected chi connectivity index (χ2v) is 4.50. The van der Waals surface area contributed by atoms with Gasteiger partial charge in [-0.3, -0.25) is 0 Å². The molecule has 0 aliphatic rings. The summed E-state index contributed by atoms with van der Waals surface area (Å²) >= 11 is 0. The largest absolute Gasteiger partial charge is 0.248 e. The number of hydrogen-bond donors (Lipinski definition) is 0. The Hall–Kier alpha value is -1.89. The van der Waals surface area contributed by atoms with Crippen molar-refractivity contribution in [2.24, 2.45) is 0 Å². The van der Waals surface area contributed by atoms with Gasteiger partial charge in [-0.2, -0.15) is 0 Å². The SMILES string of the molecule is [CH2]C(C)c1cccc2nc3ccccc3cc12. The van der Waals surface area contributed by atoms with Crippen LogP contribution in [0.4, 0.5) is 0 Å². The Morgan fingerprint density at radius 3 is 2.59 bits per heavy atom. The fraction of sp³-hybridized carbons (Fsp3) is 0.125. The van der Waals surface area contributed by atoms with Gasteiger partial charge in [0.2, 0.25) is 0 Å². The highest BCUT2D eigenvalue weighted by atomic mass is 14.7. The highest BCUT2D eigenvalue weighted by molar-refractivity contribution is 5.94. The molecule has 1 aromatic heterocycles. The number of aromatic nitrogens is 1. The lowest BCUT2D eigenvalue weighted by Crippen LogP contribution is -1.91. The molecule has 1 nitrogen and oxygen atoms in total. The summed E-state index contributed by atoms with van der Waals surface area (Å²) in [5.41, 5.74) is 3.37. The van der Waals surface area contributed by atoms with E-state index in [1.165, 1.54) is 16.3 Å². The van der Waals surface area contributed by atoms with E-state index in [0.29, 0.717) is 0 Å². The number of pyridine rings is 1. The first kappa shape index (κ1) is 10.3. The summed E-state index contributed by atoms with van der Waals surface area (Å²) in [6.07, 6.45) is 0. The van der Waals surface area contributed by atoms with E-state index in [1.54, 1.807) is 0 Å². The molecule has 1 atom stereocenters. The summed E-state index contributed by atoms with van der Waals surface area (Å²) in [5, 5.41) is 2.40. The maximum absolute atomic E-state index is 4.69. The van der Waals surface area contributed by atoms with Crippen LogP contribution in [0.15, 0.2) is 48.5 Å². The number of para-hydroxylation sites is 1. The summed E-state index contributed by atoms with van der Waals surface area (Å²) in [7, 11) is 0. The van der Waals surface area contributed by atoms with E-state index in [-0.39, 0.29) is 5.92 Å². The molecule has 0 saturated heterocycles. The van der Waals surface area contributed by atoms with Crippen molar-refractivity contribution in [2.45, 2.75) is 12.8 Å². The summed E-state index contributed by atoms with van der Waals surface area (Å²) in [4.78, 5) is 4.69. The summed E-state index contributed by atoms with van der Waals surface area (Å²) < 4.78 is 0. The third-order valence-electron chi connectivity index (χ3n) is 3.13. The van der Waals surface area contributed by atoms with Gasteiger partial charge in [-0.1, -0.05) is 37.3 Å². The normalized spacial score (nSPS) is 11.5. The smallest absolute Gasteiger partial charge is 0.0712 e. The lowest BCUT2D eigenvalue weighted by atomic mass is 9.97. The molecule has 0 amide bonds. The van der Waals surface area contributed by atoms with Crippen LogP contribution in [-0.2, 0) is 0 Å². The van der Waals surface area contributed by atoms with Gasteiger partial charge in [0.05, 0.1) is 11.0 Å². The van der Waals surface area contributed by atoms with Crippen molar-refractivity contribution in [3.05, 3.63) is 61.0 Å². The maximum Gasteiger partial charge on any atom is 0.0712 e. The van der Waals surface area contributed by atoms with Crippen LogP contribution in [0.1, 0.15) is 18.4 Å². The van der Waals surface area contributed by atoms with Crippen molar-refractivity contribution in [1.82, 2.24) is 4.98 Å². The third-order valence-corrected chi connectivity index (χ3v) is 3.13. The van der Waals surface area contributed by atoms with Crippen LogP contribution in [0, 0.1) is 6.92 Å². The highest BCUT2D eigenvalue weighted by Gasteiger charge is 2.06. The zero-order valence-corrected chi connectivity index (χ0v) is 9.85. The first-order chi connectivity index (χ1) is 8.25. The monoisotopic (exact) mass is 220 g/mol. The fourth-order valence-electron chi connectivity index (χ4n) is 2.25. The van der Waals surface area contributed by atoms with Crippen molar-refractivity contribution in [2.75, 3.05) is 0 Å². The van der Waals surface area contributed by atoms with Gasteiger partial charge in [0.25, 0.3) is 0 Å². The lowest BCUT2D eigenvalue weighted by Gasteiger charge is -2.10. The molecular formula is C16H14N. The van der Waals surface area contributed by atoms with Crippen molar-refractivity contribution in [1.29, 1.82) is 0 Å². The number of nitrogens with zero attached hydrogens (tertiary/aromatic N) is 1. The molecule has 0 aliphatic carbocycles. The van der Waals surface area contributed by atoms with Crippen LogP contribution < -0.4 is 0 Å². The van der Waals surface area contributed by atoms with E-state index in [2.05, 4.69) is 50.2 Å². The molecular weight excluding hydrogens is 206 g/mol. The van der Waals surface area contributed by atoms with E-state index in [9.17, 15) is 0 Å². The molecule has 1 heterocycles. The number of rotatable bonds is 1. The second kappa shape index (κ2) is 3.85. The Morgan fingerprint density at radius 2 is 1.76 bits per heavy atom. The fourth-order valence-corrected chi connectivity index (χ4v) is 2.25. The van der Waals surface area contributed by atoms with Gasteiger partial charge in [0, 0.05) is 10.8 Å². The van der Waals surface area contributed by atoms with Crippen LogP contribution >= 0.6 is 0 Å². The van der Waals surface area contributed by atoms with Gasteiger partial charge in [-0.25, -0.2) is 4.98 Å². The number of fused-ring (bicyclic) bond motifs is 2. The van der Waals surface area contributed by atoms with Gasteiger partial charge >= 0.3 is 0 Å². The summed E-state index contributed by atoms with van der Waals surface area (Å²) in [6.45, 7) is 6.23. The lowest BCUT2D eigenvalue weighted by molar-refractivity contribution is 0.976. The van der Waals surface area contributed by atoms with Crippen molar-refractivity contribution in [3.8, 4) is 0 Å². The molecule has 0 spiro atoms. The molecule has 3 rings (SSSR count). The zero-order valence-electron chi connectivity index (χ0n) is 9.85. The van der Waals surface area contributed by atoms with E-state index in [1.807, 2.05) is 12.1 Å². The highest BCUT2D eigenvalue weighted by Crippen LogP contribution is 2.26. The average molecular weight is 220 g/mol. The standard InChI is InChI=1S/C16H14N/c1-11(2)13-7-5-9-16-14(13)10-12-6-3-4-8-15(12)17-16/h3-11H,1H2,2H3. The van der Waals surface area contributed by atoms with Crippen molar-refractivity contribution < 1.29 is 0 Å². The molecule has 0 N–H and O–H groups in total. The minimum atomic E-state index is 0.279. The van der Waals surface area contributed by atoms with Gasteiger partial charge in [0.1, 0.15) is 0 Å². The molecule has 0 fully saturated rings. The topological polar surface area (TPSA) is 12.9 Å². The number of hydrogen-bond acceptors (Lipinski definition) is 1. The Balaban J connectivity index is 2.43. The average Bonchev–Trinajstić information content (AvgIpc) is 2.35. The molecule has 1 unspecified atom stereocenters. The quantitative estimate of drug-likeness (QED) is 0.556. The Morgan fingerprint density at radius 1 is 1.00 bits per heavy atom. The second-order valence-electron chi connectivity index (χ2n) is 4.50. The van der Waals surface area contributed by atoms with Gasteiger partial charge in [-0.15, -0.1) is 0 Å². The van der Waals surface area contributed by atoms with Gasteiger partial charge in [-0.05, 0) is 36.6 Å². The van der Waals surface area contributed by atoms with E-state index in [0.717, 1.165) is 11.0 Å². The molecule has 2 aromatic carbocycles. The first-order valence-corrected chi connectivity index (χ1v) is 5.87. The molecule has 1 heteroatoms. The van der Waals surface area contributed by atoms with Crippen LogP contribution in [0.3, 0.4) is 0 Å². The zero-order chi connectivity index (χ0) is 11.8. The molecule has 0 bridgehead atoms. The van der Waals surface area contributed by atoms with Crippen LogP contribution in [0.25, 0.3) is 21.8 Å². The predicted molar refractivity (Wildman–Crippen MR) is 73.0 cm³/mol. The van der Waals surface area contributed by atoms with Crippen molar-refractivity contribution >= 4 is 21.8 Å². The summed E-state index contributed by atoms with van der Waals surface area (Å²) in [6, 6.07) is 16.7. The predicted octanol–water partition coefficient (Wildman–Crippen LogP) is 4.33. The number of benzene rings is 2. The third kappa shape index (κ3) is 1.68. The Kier molecular flexibility index (Phi) is 2.32. The van der Waals surface area contributed by atoms with Crippen LogP contribution in [0.5, 0.6) is 0 Å². The molecule has 17 heavy (non-hydrogen) atoms. The maximum atomic E-state index is 4.69. The molecule has 3 aromatic rings. The van der Waals surface area contributed by atoms with Crippen LogP contribution in [-0.4, -0.2) is 4.98 Å². The minimum Gasteiger partial charge on any atom is -0.248 e. The van der Waals surface area contributed by atoms with E-state index >= 15 is 0 Å². The summed E-state index contributed by atoms with van der Waals surface area (Å²) in [5.74, 6) is 0.279. The van der Waals surface area contributed by atoms with E-state index < -0.39 is 0 Å². The molecule has 83 valence electrons. The molecule has 0 saturated carbocycles. The van der Waals surface area contributed by atoms with Crippen molar-refractivity contribution in [3.63, 3.8) is 0 Å². The first-order valence-electron chi connectivity index (χ1n) is 5.87. The van der Waals surface area contributed by atoms with Gasteiger partial charge in [0.15, 0.2) is 0 Å². The molecule has 0 aliphatic heterocycles. The van der Waals surface area contributed by atoms with E-state index in [4.69, 9.17) is 4.98 Å². The minimum absolute atomic E-state index is 0.279. The Labute approximate surface area is 101 Å². The Bertz CT molecular complexity index is 683. The van der Waals surface area contributed by atoms with Gasteiger partial charge < -0.3 is 0 Å². The van der Waals surface area contributed by atoms with Crippen LogP contribution in [0.2, 0.25) is 0 Å². The molecule has 1 radical (unpaired) electrons.